The third-order valence-corrected chi connectivity index (χ3v) is 3.78. The van der Waals surface area contributed by atoms with Crippen molar-refractivity contribution >= 4 is 0 Å². The van der Waals surface area contributed by atoms with E-state index in [0.29, 0.717) is 5.56 Å². The van der Waals surface area contributed by atoms with Crippen molar-refractivity contribution in [2.75, 3.05) is 20.2 Å². The van der Waals surface area contributed by atoms with Crippen LogP contribution in [0.2, 0.25) is 0 Å². The Hall–Kier alpha value is -2.51. The number of nitriles is 1. The molecule has 0 aromatic heterocycles. The molecule has 1 heterocycles. The molecule has 4 nitrogen and oxygen atoms in total. The molecule has 0 N–H and O–H groups in total. The van der Waals surface area contributed by atoms with Crippen molar-refractivity contribution < 1.29 is 9.47 Å². The number of nitrogens with zero attached hydrogens (tertiary/aromatic N) is 2. The molecule has 4 heteroatoms. The molecular formula is C18H18N2O2. The van der Waals surface area contributed by atoms with Crippen LogP contribution in [0.4, 0.5) is 0 Å². The SMILES string of the molecule is COc1ccc(OC2CN(Cc3ccc(C#N)cc3)C2)cc1. The number of methoxy groups -OCH3 is 1. The third-order valence-electron chi connectivity index (χ3n) is 3.78. The first-order chi connectivity index (χ1) is 10.8. The van der Waals surface area contributed by atoms with Crippen LogP contribution in [0.3, 0.4) is 0 Å². The number of benzene rings is 2. The minimum Gasteiger partial charge on any atom is -0.497 e. The lowest BCUT2D eigenvalue weighted by atomic mass is 10.1. The summed E-state index contributed by atoms with van der Waals surface area (Å²) < 4.78 is 11.0. The summed E-state index contributed by atoms with van der Waals surface area (Å²) in [6.07, 6.45) is 0.242. The average molecular weight is 294 g/mol. The minimum atomic E-state index is 0.242. The zero-order valence-electron chi connectivity index (χ0n) is 12.5. The number of ether oxygens (including phenoxy) is 2. The molecule has 1 fully saturated rings. The molecule has 0 unspecified atom stereocenters. The van der Waals surface area contributed by atoms with Crippen LogP contribution in [-0.2, 0) is 6.54 Å². The normalized spacial score (nSPS) is 14.9. The molecular weight excluding hydrogens is 276 g/mol. The van der Waals surface area contributed by atoms with E-state index in [0.717, 1.165) is 31.1 Å². The average Bonchev–Trinajstić information content (AvgIpc) is 2.54. The van der Waals surface area contributed by atoms with Crippen LogP contribution >= 0.6 is 0 Å². The fourth-order valence-corrected chi connectivity index (χ4v) is 2.52. The first-order valence-corrected chi connectivity index (χ1v) is 7.29. The van der Waals surface area contributed by atoms with Crippen molar-refractivity contribution in [3.63, 3.8) is 0 Å². The molecule has 2 aromatic rings. The van der Waals surface area contributed by atoms with Gasteiger partial charge in [-0.25, -0.2) is 0 Å². The van der Waals surface area contributed by atoms with Gasteiger partial charge in [0, 0.05) is 19.6 Å². The van der Waals surface area contributed by atoms with E-state index in [1.54, 1.807) is 7.11 Å². The predicted molar refractivity (Wildman–Crippen MR) is 83.8 cm³/mol. The smallest absolute Gasteiger partial charge is 0.124 e. The highest BCUT2D eigenvalue weighted by molar-refractivity contribution is 5.32. The van der Waals surface area contributed by atoms with E-state index >= 15 is 0 Å². The Morgan fingerprint density at radius 3 is 2.27 bits per heavy atom. The van der Waals surface area contributed by atoms with Gasteiger partial charge in [0.15, 0.2) is 0 Å². The van der Waals surface area contributed by atoms with Crippen molar-refractivity contribution in [3.8, 4) is 17.6 Å². The molecule has 2 aromatic carbocycles. The Morgan fingerprint density at radius 2 is 1.68 bits per heavy atom. The Balaban J connectivity index is 1.46. The topological polar surface area (TPSA) is 45.5 Å². The zero-order chi connectivity index (χ0) is 15.4. The van der Waals surface area contributed by atoms with E-state index in [-0.39, 0.29) is 6.10 Å². The van der Waals surface area contributed by atoms with Crippen LogP contribution in [0.1, 0.15) is 11.1 Å². The van der Waals surface area contributed by atoms with Gasteiger partial charge in [0.1, 0.15) is 17.6 Å². The molecule has 0 amide bonds. The molecule has 1 aliphatic heterocycles. The van der Waals surface area contributed by atoms with Crippen LogP contribution in [-0.4, -0.2) is 31.2 Å². The van der Waals surface area contributed by atoms with Crippen molar-refractivity contribution in [2.45, 2.75) is 12.6 Å². The third kappa shape index (κ3) is 3.38. The van der Waals surface area contributed by atoms with Crippen molar-refractivity contribution in [1.29, 1.82) is 5.26 Å². The monoisotopic (exact) mass is 294 g/mol. The van der Waals surface area contributed by atoms with E-state index in [9.17, 15) is 0 Å². The number of rotatable bonds is 5. The lowest BCUT2D eigenvalue weighted by Crippen LogP contribution is -2.53. The van der Waals surface area contributed by atoms with E-state index in [1.807, 2.05) is 48.5 Å². The lowest BCUT2D eigenvalue weighted by Gasteiger charge is -2.39. The maximum atomic E-state index is 8.79. The summed E-state index contributed by atoms with van der Waals surface area (Å²) in [5.74, 6) is 1.72. The largest absolute Gasteiger partial charge is 0.497 e. The van der Waals surface area contributed by atoms with Gasteiger partial charge in [-0.15, -0.1) is 0 Å². The maximum absolute atomic E-state index is 8.79. The summed E-state index contributed by atoms with van der Waals surface area (Å²) in [7, 11) is 1.66. The van der Waals surface area contributed by atoms with Crippen LogP contribution in [0.15, 0.2) is 48.5 Å². The zero-order valence-corrected chi connectivity index (χ0v) is 12.5. The summed E-state index contributed by atoms with van der Waals surface area (Å²) in [4.78, 5) is 2.33. The van der Waals surface area contributed by atoms with Gasteiger partial charge >= 0.3 is 0 Å². The van der Waals surface area contributed by atoms with E-state index < -0.39 is 0 Å². The Morgan fingerprint density at radius 1 is 1.05 bits per heavy atom. The second-order valence-electron chi connectivity index (χ2n) is 5.42. The van der Waals surface area contributed by atoms with Crippen LogP contribution in [0, 0.1) is 11.3 Å². The molecule has 3 rings (SSSR count). The molecule has 22 heavy (non-hydrogen) atoms. The van der Waals surface area contributed by atoms with Gasteiger partial charge in [0.2, 0.25) is 0 Å². The highest BCUT2D eigenvalue weighted by Gasteiger charge is 2.28. The highest BCUT2D eigenvalue weighted by atomic mass is 16.5. The first kappa shape index (κ1) is 14.4. The fourth-order valence-electron chi connectivity index (χ4n) is 2.52. The highest BCUT2D eigenvalue weighted by Crippen LogP contribution is 2.22. The van der Waals surface area contributed by atoms with E-state index in [1.165, 1.54) is 5.56 Å². The standard InChI is InChI=1S/C18H18N2O2/c1-21-16-6-8-17(9-7-16)22-18-12-20(13-18)11-15-4-2-14(10-19)3-5-15/h2-9,18H,11-13H2,1H3. The van der Waals surface area contributed by atoms with Gasteiger partial charge in [-0.05, 0) is 42.0 Å². The second kappa shape index (κ2) is 6.50. The number of hydrogen-bond acceptors (Lipinski definition) is 4. The van der Waals surface area contributed by atoms with Gasteiger partial charge in [-0.2, -0.15) is 5.26 Å². The van der Waals surface area contributed by atoms with E-state index in [4.69, 9.17) is 14.7 Å². The second-order valence-corrected chi connectivity index (χ2v) is 5.42. The summed E-state index contributed by atoms with van der Waals surface area (Å²) in [6.45, 7) is 2.74. The minimum absolute atomic E-state index is 0.242. The molecule has 0 spiro atoms. The molecule has 1 aliphatic rings. The molecule has 0 aliphatic carbocycles. The van der Waals surface area contributed by atoms with Crippen molar-refractivity contribution in [2.24, 2.45) is 0 Å². The lowest BCUT2D eigenvalue weighted by molar-refractivity contribution is 0.0145. The molecule has 112 valence electrons. The molecule has 0 atom stereocenters. The van der Waals surface area contributed by atoms with Gasteiger partial charge < -0.3 is 9.47 Å². The summed E-state index contributed by atoms with van der Waals surface area (Å²) in [5, 5.41) is 8.79. The summed E-state index contributed by atoms with van der Waals surface area (Å²) >= 11 is 0. The maximum Gasteiger partial charge on any atom is 0.124 e. The van der Waals surface area contributed by atoms with E-state index in [2.05, 4.69) is 11.0 Å². The Bertz CT molecular complexity index is 653. The quantitative estimate of drug-likeness (QED) is 0.850. The predicted octanol–water partition coefficient (Wildman–Crippen LogP) is 2.83. The molecule has 0 radical (unpaired) electrons. The molecule has 1 saturated heterocycles. The van der Waals surface area contributed by atoms with Crippen LogP contribution < -0.4 is 9.47 Å². The Labute approximate surface area is 130 Å². The summed E-state index contributed by atoms with van der Waals surface area (Å²) in [5.41, 5.74) is 1.93. The van der Waals surface area contributed by atoms with Gasteiger partial charge in [0.25, 0.3) is 0 Å². The number of hydrogen-bond donors (Lipinski definition) is 0. The van der Waals surface area contributed by atoms with Crippen molar-refractivity contribution in [3.05, 3.63) is 59.7 Å². The van der Waals surface area contributed by atoms with Gasteiger partial charge in [0.05, 0.1) is 18.7 Å². The van der Waals surface area contributed by atoms with Crippen LogP contribution in [0.25, 0.3) is 0 Å². The van der Waals surface area contributed by atoms with Crippen molar-refractivity contribution in [1.82, 2.24) is 4.90 Å². The molecule has 0 saturated carbocycles. The fraction of sp³-hybridized carbons (Fsp3) is 0.278. The number of likely N-dealkylation sites (tertiary alicyclic amines) is 1. The first-order valence-electron chi connectivity index (χ1n) is 7.29. The Kier molecular flexibility index (Phi) is 4.27. The van der Waals surface area contributed by atoms with Gasteiger partial charge in [-0.3, -0.25) is 4.90 Å². The van der Waals surface area contributed by atoms with Crippen LogP contribution in [0.5, 0.6) is 11.5 Å². The molecule has 0 bridgehead atoms. The van der Waals surface area contributed by atoms with Gasteiger partial charge in [-0.1, -0.05) is 12.1 Å². The summed E-state index contributed by atoms with van der Waals surface area (Å²) in [6, 6.07) is 17.6.